The van der Waals surface area contributed by atoms with Gasteiger partial charge in [-0.05, 0) is 43.0 Å². The molecule has 0 atom stereocenters. The summed E-state index contributed by atoms with van der Waals surface area (Å²) in [6, 6.07) is 8.34. The van der Waals surface area contributed by atoms with Gasteiger partial charge in [-0.2, -0.15) is 4.98 Å². The van der Waals surface area contributed by atoms with Gasteiger partial charge >= 0.3 is 0 Å². The van der Waals surface area contributed by atoms with E-state index in [4.69, 9.17) is 38.4 Å². The van der Waals surface area contributed by atoms with Gasteiger partial charge in [-0.25, -0.2) is 0 Å². The molecule has 4 nitrogen and oxygen atoms in total. The molecule has 1 aliphatic rings. The van der Waals surface area contributed by atoms with Crippen molar-refractivity contribution < 1.29 is 9.47 Å². The van der Waals surface area contributed by atoms with Crippen molar-refractivity contribution in [3.8, 4) is 17.5 Å². The van der Waals surface area contributed by atoms with Crippen LogP contribution in [0.2, 0.25) is 10.0 Å². The lowest BCUT2D eigenvalue weighted by atomic mass is 10.3. The molecule has 21 heavy (non-hydrogen) atoms. The molecule has 1 aliphatic carbocycles. The molecule has 0 unspecified atom stereocenters. The van der Waals surface area contributed by atoms with Crippen LogP contribution in [0.25, 0.3) is 0 Å². The fraction of sp³-hybridized carbons (Fsp3) is 0.267. The van der Waals surface area contributed by atoms with Crippen molar-refractivity contribution in [1.82, 2.24) is 4.98 Å². The van der Waals surface area contributed by atoms with E-state index in [1.54, 1.807) is 30.3 Å². The molecule has 1 aromatic carbocycles. The van der Waals surface area contributed by atoms with E-state index in [0.717, 1.165) is 0 Å². The number of anilines is 1. The molecule has 0 radical (unpaired) electrons. The highest BCUT2D eigenvalue weighted by molar-refractivity contribution is 6.34. The predicted octanol–water partition coefficient (Wildman–Crippen LogP) is 4.55. The van der Waals surface area contributed by atoms with Crippen LogP contribution in [0.4, 0.5) is 5.69 Å². The van der Waals surface area contributed by atoms with Crippen molar-refractivity contribution in [1.29, 1.82) is 0 Å². The minimum Gasteiger partial charge on any atom is -0.476 e. The number of pyridine rings is 1. The molecule has 0 amide bonds. The van der Waals surface area contributed by atoms with E-state index < -0.39 is 0 Å². The van der Waals surface area contributed by atoms with Crippen LogP contribution in [0, 0.1) is 5.92 Å². The molecule has 0 saturated heterocycles. The van der Waals surface area contributed by atoms with E-state index in [2.05, 4.69) is 4.98 Å². The average Bonchev–Trinajstić information content (AvgIpc) is 3.22. The van der Waals surface area contributed by atoms with Crippen molar-refractivity contribution in [3.63, 3.8) is 0 Å². The summed E-state index contributed by atoms with van der Waals surface area (Å²) in [5, 5.41) is 0.997. The quantitative estimate of drug-likeness (QED) is 0.876. The Morgan fingerprint density at radius 2 is 1.86 bits per heavy atom. The molecule has 1 saturated carbocycles. The fourth-order valence-corrected chi connectivity index (χ4v) is 2.30. The van der Waals surface area contributed by atoms with Crippen LogP contribution in [0.3, 0.4) is 0 Å². The van der Waals surface area contributed by atoms with Crippen LogP contribution in [0.1, 0.15) is 12.8 Å². The van der Waals surface area contributed by atoms with Gasteiger partial charge in [-0.3, -0.25) is 0 Å². The predicted molar refractivity (Wildman–Crippen MR) is 83.4 cm³/mol. The van der Waals surface area contributed by atoms with Crippen LogP contribution in [0.15, 0.2) is 30.3 Å². The number of aromatic nitrogens is 1. The number of nitrogens with zero attached hydrogens (tertiary/aromatic N) is 1. The summed E-state index contributed by atoms with van der Waals surface area (Å²) in [6.45, 7) is 0.643. The van der Waals surface area contributed by atoms with E-state index in [0.29, 0.717) is 45.8 Å². The molecule has 0 bridgehead atoms. The number of rotatable bonds is 5. The highest BCUT2D eigenvalue weighted by Gasteiger charge is 2.22. The first-order chi connectivity index (χ1) is 10.1. The number of nitrogen functional groups attached to an aromatic ring is 1. The molecule has 110 valence electrons. The Labute approximate surface area is 132 Å². The monoisotopic (exact) mass is 324 g/mol. The SMILES string of the molecule is Nc1ccc(Oc2cc(Cl)cc(Cl)c2)nc1OCC1CC1. The zero-order valence-corrected chi connectivity index (χ0v) is 12.7. The molecule has 0 aliphatic heterocycles. The van der Waals surface area contributed by atoms with Crippen molar-refractivity contribution in [2.45, 2.75) is 12.8 Å². The number of ether oxygens (including phenoxy) is 2. The Morgan fingerprint density at radius 3 is 2.52 bits per heavy atom. The highest BCUT2D eigenvalue weighted by atomic mass is 35.5. The van der Waals surface area contributed by atoms with E-state index in [1.165, 1.54) is 12.8 Å². The van der Waals surface area contributed by atoms with Crippen molar-refractivity contribution in [2.75, 3.05) is 12.3 Å². The van der Waals surface area contributed by atoms with Crippen LogP contribution in [-0.4, -0.2) is 11.6 Å². The van der Waals surface area contributed by atoms with Crippen molar-refractivity contribution in [3.05, 3.63) is 40.4 Å². The third kappa shape index (κ3) is 3.93. The van der Waals surface area contributed by atoms with E-state index in [1.807, 2.05) is 0 Å². The lowest BCUT2D eigenvalue weighted by Crippen LogP contribution is -2.04. The van der Waals surface area contributed by atoms with E-state index in [9.17, 15) is 0 Å². The number of hydrogen-bond donors (Lipinski definition) is 1. The Morgan fingerprint density at radius 1 is 1.14 bits per heavy atom. The number of hydrogen-bond acceptors (Lipinski definition) is 4. The average molecular weight is 325 g/mol. The van der Waals surface area contributed by atoms with Gasteiger partial charge in [0.05, 0.1) is 12.3 Å². The number of halogens is 2. The summed E-state index contributed by atoms with van der Waals surface area (Å²) < 4.78 is 11.3. The first kappa shape index (κ1) is 14.3. The lowest BCUT2D eigenvalue weighted by molar-refractivity contribution is 0.286. The smallest absolute Gasteiger partial charge is 0.240 e. The second-order valence-corrected chi connectivity index (χ2v) is 5.88. The second-order valence-electron chi connectivity index (χ2n) is 5.01. The van der Waals surface area contributed by atoms with Crippen LogP contribution >= 0.6 is 23.2 Å². The zero-order valence-electron chi connectivity index (χ0n) is 11.2. The molecule has 1 heterocycles. The maximum absolute atomic E-state index is 5.93. The Bertz CT molecular complexity index is 640. The van der Waals surface area contributed by atoms with Crippen LogP contribution < -0.4 is 15.2 Å². The molecule has 6 heteroatoms. The molecule has 0 spiro atoms. The van der Waals surface area contributed by atoms with Gasteiger partial charge in [0.15, 0.2) is 0 Å². The molecular weight excluding hydrogens is 311 g/mol. The summed E-state index contributed by atoms with van der Waals surface area (Å²) in [4.78, 5) is 4.27. The Hall–Kier alpha value is -1.65. The summed E-state index contributed by atoms with van der Waals surface area (Å²) in [5.74, 6) is 1.92. The topological polar surface area (TPSA) is 57.4 Å². The first-order valence-corrected chi connectivity index (χ1v) is 7.39. The van der Waals surface area contributed by atoms with Crippen LogP contribution in [-0.2, 0) is 0 Å². The molecular formula is C15H14Cl2N2O2. The lowest BCUT2D eigenvalue weighted by Gasteiger charge is -2.10. The second kappa shape index (κ2) is 6.00. The maximum Gasteiger partial charge on any atom is 0.240 e. The minimum atomic E-state index is 0.383. The van der Waals surface area contributed by atoms with E-state index in [-0.39, 0.29) is 0 Å². The van der Waals surface area contributed by atoms with Gasteiger partial charge < -0.3 is 15.2 Å². The third-order valence-corrected chi connectivity index (χ3v) is 3.51. The van der Waals surface area contributed by atoms with Gasteiger partial charge in [0.2, 0.25) is 11.8 Å². The molecule has 1 aromatic heterocycles. The van der Waals surface area contributed by atoms with E-state index >= 15 is 0 Å². The van der Waals surface area contributed by atoms with Gasteiger partial charge in [-0.15, -0.1) is 0 Å². The third-order valence-electron chi connectivity index (χ3n) is 3.08. The normalized spacial score (nSPS) is 14.0. The summed E-state index contributed by atoms with van der Waals surface area (Å²) >= 11 is 11.9. The molecule has 2 aromatic rings. The first-order valence-electron chi connectivity index (χ1n) is 6.63. The molecule has 2 N–H and O–H groups in total. The highest BCUT2D eigenvalue weighted by Crippen LogP contribution is 2.32. The Kier molecular flexibility index (Phi) is 4.08. The summed E-state index contributed by atoms with van der Waals surface area (Å²) in [7, 11) is 0. The van der Waals surface area contributed by atoms with Gasteiger partial charge in [0.25, 0.3) is 0 Å². The molecule has 1 fully saturated rings. The van der Waals surface area contributed by atoms with Gasteiger partial charge in [0, 0.05) is 16.1 Å². The van der Waals surface area contributed by atoms with Crippen molar-refractivity contribution >= 4 is 28.9 Å². The van der Waals surface area contributed by atoms with Crippen molar-refractivity contribution in [2.24, 2.45) is 5.92 Å². The molecule has 3 rings (SSSR count). The zero-order chi connectivity index (χ0) is 14.8. The standard InChI is InChI=1S/C15H14Cl2N2O2/c16-10-5-11(17)7-12(6-10)21-14-4-3-13(18)15(19-14)20-8-9-1-2-9/h3-7,9H,1-2,8,18H2. The number of nitrogens with two attached hydrogens (primary N) is 1. The van der Waals surface area contributed by atoms with Gasteiger partial charge in [0.1, 0.15) is 5.75 Å². The summed E-state index contributed by atoms with van der Waals surface area (Å²) in [6.07, 6.45) is 2.41. The number of benzene rings is 1. The summed E-state index contributed by atoms with van der Waals surface area (Å²) in [5.41, 5.74) is 6.35. The van der Waals surface area contributed by atoms with Gasteiger partial charge in [-0.1, -0.05) is 23.2 Å². The minimum absolute atomic E-state index is 0.383. The fourth-order valence-electron chi connectivity index (χ4n) is 1.80. The van der Waals surface area contributed by atoms with Crippen LogP contribution in [0.5, 0.6) is 17.5 Å². The largest absolute Gasteiger partial charge is 0.476 e. The maximum atomic E-state index is 5.93. The Balaban J connectivity index is 1.76.